The Morgan fingerprint density at radius 2 is 0.696 bits per heavy atom. The zero-order valence-corrected chi connectivity index (χ0v) is 15.8. The summed E-state index contributed by atoms with van der Waals surface area (Å²) in [5.74, 6) is -5.06. The Balaban J connectivity index is -0.0000000675. The number of carbonyl (C=O) groups is 6. The second kappa shape index (κ2) is 20.3. The van der Waals surface area contributed by atoms with Crippen LogP contribution >= 0.6 is 0 Å². The molecule has 0 rings (SSSR count). The van der Waals surface area contributed by atoms with Crippen molar-refractivity contribution in [2.75, 3.05) is 0 Å². The van der Waals surface area contributed by atoms with E-state index in [1.54, 1.807) is 0 Å². The van der Waals surface area contributed by atoms with Gasteiger partial charge in [0.05, 0.1) is 0 Å². The summed E-state index contributed by atoms with van der Waals surface area (Å²) in [6, 6.07) is 0. The SMILES string of the molecule is CC(=O)CC(=O)[O-].CC(=O)CC(=O)[O-].CC(=O)CC(=O)[O-].[CH3-].[Zr+4]. The number of carbonyl (C=O) groups excluding carboxylic acids is 6. The molecule has 0 saturated heterocycles. The minimum atomic E-state index is -1.31. The molecule has 0 heterocycles. The minimum Gasteiger partial charge on any atom is -0.550 e. The van der Waals surface area contributed by atoms with Crippen molar-refractivity contribution in [1.82, 2.24) is 0 Å². The van der Waals surface area contributed by atoms with Gasteiger partial charge in [0.1, 0.15) is 17.3 Å². The van der Waals surface area contributed by atoms with Gasteiger partial charge < -0.3 is 37.1 Å². The molecule has 0 saturated carbocycles. The molecule has 0 aromatic heterocycles. The van der Waals surface area contributed by atoms with Crippen LogP contribution in [0.5, 0.6) is 0 Å². The first-order valence-corrected chi connectivity index (χ1v) is 5.46. The van der Waals surface area contributed by atoms with Gasteiger partial charge in [-0.2, -0.15) is 0 Å². The van der Waals surface area contributed by atoms with E-state index < -0.39 is 37.2 Å². The number of rotatable bonds is 6. The van der Waals surface area contributed by atoms with E-state index in [1.807, 2.05) is 0 Å². The van der Waals surface area contributed by atoms with Gasteiger partial charge in [0.2, 0.25) is 0 Å². The van der Waals surface area contributed by atoms with Gasteiger partial charge in [-0.25, -0.2) is 0 Å². The van der Waals surface area contributed by atoms with E-state index in [4.69, 9.17) is 0 Å². The summed E-state index contributed by atoms with van der Waals surface area (Å²) >= 11 is 0. The monoisotopic (exact) mass is 408 g/mol. The van der Waals surface area contributed by atoms with Gasteiger partial charge in [0, 0.05) is 37.2 Å². The molecule has 128 valence electrons. The van der Waals surface area contributed by atoms with E-state index in [0.29, 0.717) is 0 Å². The first-order chi connectivity index (χ1) is 9.38. The van der Waals surface area contributed by atoms with E-state index >= 15 is 0 Å². The topological polar surface area (TPSA) is 172 Å². The van der Waals surface area contributed by atoms with Crippen LogP contribution in [-0.4, -0.2) is 35.3 Å². The van der Waals surface area contributed by atoms with Gasteiger partial charge in [0.25, 0.3) is 0 Å². The zero-order chi connectivity index (χ0) is 17.6. The molecule has 0 aliphatic rings. The normalized spacial score (nSPS) is 7.43. The average Bonchev–Trinajstić information content (AvgIpc) is 2.10. The first kappa shape index (κ1) is 33.0. The van der Waals surface area contributed by atoms with Crippen molar-refractivity contribution in [3.63, 3.8) is 0 Å². The average molecular weight is 410 g/mol. The number of carboxylic acid groups (broad SMARTS) is 3. The molecule has 0 spiro atoms. The molecular formula is C13H18O9Zr. The quantitative estimate of drug-likeness (QED) is 0.320. The van der Waals surface area contributed by atoms with Gasteiger partial charge in [-0.15, -0.1) is 0 Å². The third kappa shape index (κ3) is 64.1. The maximum Gasteiger partial charge on any atom is 4.00 e. The molecule has 0 radical (unpaired) electrons. The summed E-state index contributed by atoms with van der Waals surface area (Å²) in [5.41, 5.74) is 0. The van der Waals surface area contributed by atoms with Crippen LogP contribution in [0, 0.1) is 7.43 Å². The van der Waals surface area contributed by atoms with Crippen LogP contribution in [-0.2, 0) is 55.0 Å². The minimum absolute atomic E-state index is 0. The molecule has 0 amide bonds. The van der Waals surface area contributed by atoms with Gasteiger partial charge in [-0.3, -0.25) is 14.4 Å². The fraction of sp³-hybridized carbons (Fsp3) is 0.462. The Morgan fingerprint density at radius 1 is 0.565 bits per heavy atom. The maximum atomic E-state index is 9.83. The molecule has 0 N–H and O–H groups in total. The fourth-order valence-electron chi connectivity index (χ4n) is 0.610. The van der Waals surface area contributed by atoms with Crippen molar-refractivity contribution in [2.24, 2.45) is 0 Å². The van der Waals surface area contributed by atoms with Crippen molar-refractivity contribution >= 4 is 35.3 Å². The van der Waals surface area contributed by atoms with Crippen molar-refractivity contribution in [2.45, 2.75) is 40.0 Å². The number of hydrogen-bond donors (Lipinski definition) is 0. The standard InChI is InChI=1S/3C4H6O3.CH3.Zr/c3*1-3(5)2-4(6)7;;/h3*2H2,1H3,(H,6,7);1H3;/q;;;-1;+4/p-3. The zero-order valence-electron chi connectivity index (χ0n) is 13.3. The van der Waals surface area contributed by atoms with Gasteiger partial charge in [-0.1, -0.05) is 0 Å². The Labute approximate surface area is 153 Å². The molecule has 0 aliphatic heterocycles. The number of hydrogen-bond acceptors (Lipinski definition) is 9. The molecule has 0 aliphatic carbocycles. The van der Waals surface area contributed by atoms with Crippen LogP contribution in [0.4, 0.5) is 0 Å². The van der Waals surface area contributed by atoms with Crippen LogP contribution in [0.25, 0.3) is 0 Å². The number of Topliss-reactive ketones (excluding diaryl/α,β-unsaturated/α-hetero) is 3. The molecule has 0 unspecified atom stereocenters. The Bertz CT molecular complexity index is 318. The summed E-state index contributed by atoms with van der Waals surface area (Å²) in [6.07, 6.45) is -1.42. The molecule has 9 nitrogen and oxygen atoms in total. The van der Waals surface area contributed by atoms with Crippen molar-refractivity contribution in [1.29, 1.82) is 0 Å². The molecule has 10 heteroatoms. The second-order valence-electron chi connectivity index (χ2n) is 3.75. The molecule has 0 fully saturated rings. The molecule has 0 aromatic rings. The first-order valence-electron chi connectivity index (χ1n) is 5.46. The van der Waals surface area contributed by atoms with E-state index in [-0.39, 0.29) is 51.0 Å². The summed E-state index contributed by atoms with van der Waals surface area (Å²) in [6.45, 7) is 3.61. The van der Waals surface area contributed by atoms with Crippen LogP contribution < -0.4 is 15.3 Å². The summed E-state index contributed by atoms with van der Waals surface area (Å²) < 4.78 is 0. The number of ketones is 3. The Morgan fingerprint density at radius 3 is 0.696 bits per heavy atom. The van der Waals surface area contributed by atoms with Gasteiger partial charge in [0.15, 0.2) is 0 Å². The molecule has 0 bridgehead atoms. The molecule has 0 aromatic carbocycles. The molecule has 23 heavy (non-hydrogen) atoms. The summed E-state index contributed by atoms with van der Waals surface area (Å²) in [4.78, 5) is 57.9. The number of aliphatic carboxylic acids is 3. The predicted molar refractivity (Wildman–Crippen MR) is 67.3 cm³/mol. The third-order valence-corrected chi connectivity index (χ3v) is 1.18. The van der Waals surface area contributed by atoms with E-state index in [0.717, 1.165) is 0 Å². The third-order valence-electron chi connectivity index (χ3n) is 1.18. The van der Waals surface area contributed by atoms with Crippen LogP contribution in [0.15, 0.2) is 0 Å². The summed E-state index contributed by atoms with van der Waals surface area (Å²) in [5, 5.41) is 28.4. The number of carboxylic acids is 3. The molecule has 0 atom stereocenters. The Kier molecular flexibility index (Phi) is 29.2. The van der Waals surface area contributed by atoms with Crippen LogP contribution in [0.3, 0.4) is 0 Å². The smallest absolute Gasteiger partial charge is 0.550 e. The fourth-order valence-corrected chi connectivity index (χ4v) is 0.610. The van der Waals surface area contributed by atoms with Crippen molar-refractivity contribution < 1.29 is 70.3 Å². The van der Waals surface area contributed by atoms with Crippen molar-refractivity contribution in [3.05, 3.63) is 7.43 Å². The van der Waals surface area contributed by atoms with E-state index in [2.05, 4.69) is 0 Å². The Hall–Kier alpha value is -1.70. The van der Waals surface area contributed by atoms with Crippen molar-refractivity contribution in [3.8, 4) is 0 Å². The predicted octanol–water partition coefficient (Wildman–Crippen LogP) is -3.41. The van der Waals surface area contributed by atoms with E-state index in [1.165, 1.54) is 20.8 Å². The van der Waals surface area contributed by atoms with E-state index in [9.17, 15) is 44.1 Å². The largest absolute Gasteiger partial charge is 4.00 e. The van der Waals surface area contributed by atoms with Gasteiger partial charge >= 0.3 is 26.2 Å². The van der Waals surface area contributed by atoms with Crippen LogP contribution in [0.2, 0.25) is 0 Å². The molecular weight excluding hydrogens is 391 g/mol. The van der Waals surface area contributed by atoms with Crippen LogP contribution in [0.1, 0.15) is 40.0 Å². The van der Waals surface area contributed by atoms with Gasteiger partial charge in [-0.05, 0) is 20.8 Å². The second-order valence-corrected chi connectivity index (χ2v) is 3.75. The maximum absolute atomic E-state index is 9.83. The summed E-state index contributed by atoms with van der Waals surface area (Å²) in [7, 11) is 0.